The summed E-state index contributed by atoms with van der Waals surface area (Å²) in [4.78, 5) is 22.8. The normalized spacial score (nSPS) is 20.4. The maximum Gasteiger partial charge on any atom is 0.251 e. The minimum absolute atomic E-state index is 0. The van der Waals surface area contributed by atoms with Crippen molar-refractivity contribution in [1.29, 1.82) is 0 Å². The van der Waals surface area contributed by atoms with Crippen LogP contribution in [0.4, 0.5) is 4.39 Å². The molecule has 2 aliphatic rings. The Bertz CT molecular complexity index is 1220. The van der Waals surface area contributed by atoms with Gasteiger partial charge in [-0.25, -0.2) is 4.39 Å². The zero-order valence-electron chi connectivity index (χ0n) is 18.6. The van der Waals surface area contributed by atoms with Crippen LogP contribution in [0.3, 0.4) is 0 Å². The van der Waals surface area contributed by atoms with E-state index in [1.54, 1.807) is 12.3 Å². The lowest BCUT2D eigenvalue weighted by Crippen LogP contribution is -2.48. The minimum Gasteiger partial charge on any atom is -0.382 e. The Balaban J connectivity index is 0.00000162. The molecule has 1 fully saturated rings. The highest BCUT2D eigenvalue weighted by Gasteiger charge is 2.43. The van der Waals surface area contributed by atoms with Crippen molar-refractivity contribution in [2.45, 2.75) is 31.0 Å². The van der Waals surface area contributed by atoms with Crippen LogP contribution in [0.15, 0.2) is 53.6 Å². The van der Waals surface area contributed by atoms with Gasteiger partial charge in [-0.2, -0.15) is 0 Å². The van der Waals surface area contributed by atoms with E-state index in [1.807, 2.05) is 24.3 Å². The summed E-state index contributed by atoms with van der Waals surface area (Å²) in [7, 11) is 0. The Hall–Kier alpha value is -2.36. The molecule has 3 aromatic rings. The molecule has 1 saturated heterocycles. The van der Waals surface area contributed by atoms with Crippen molar-refractivity contribution in [3.63, 3.8) is 0 Å². The Morgan fingerprint density at radius 3 is 2.71 bits per heavy atom. The molecule has 0 spiro atoms. The van der Waals surface area contributed by atoms with Crippen molar-refractivity contribution in [3.8, 4) is 0 Å². The molecule has 0 amide bonds. The number of hydrogen-bond donors (Lipinski definition) is 2. The molecule has 2 N–H and O–H groups in total. The summed E-state index contributed by atoms with van der Waals surface area (Å²) in [6.45, 7) is 2.70. The smallest absolute Gasteiger partial charge is 0.251 e. The molecule has 1 atom stereocenters. The number of hydrogen-bond acceptors (Lipinski definition) is 6. The topological polar surface area (TPSA) is 83.3 Å². The van der Waals surface area contributed by atoms with Crippen LogP contribution in [0, 0.1) is 5.82 Å². The molecular weight excluding hydrogens is 480 g/mol. The van der Waals surface area contributed by atoms with E-state index in [9.17, 15) is 14.3 Å². The zero-order chi connectivity index (χ0) is 22.1. The Kier molecular flexibility index (Phi) is 8.43. The molecule has 0 radical (unpaired) electrons. The molecule has 0 bridgehead atoms. The van der Waals surface area contributed by atoms with E-state index in [-0.39, 0.29) is 49.0 Å². The standard InChI is InChI=1S/C24H26FN5O2.2ClH/c25-19-14-28-20-6-7-21(31)30-16-24(32,22(19)23(20)30)15-29-12-8-18(9-13-29)27-11-3-5-17-4-1-2-10-26-17;;/h1-7,10,14,18,27,32H,8-9,11-13,15-16H2;2*1H/b5-3+;;/t24-;;/m0../s1. The average molecular weight is 508 g/mol. The van der Waals surface area contributed by atoms with E-state index in [0.29, 0.717) is 17.1 Å². The van der Waals surface area contributed by atoms with Gasteiger partial charge in [0.1, 0.15) is 11.4 Å². The quantitative estimate of drug-likeness (QED) is 0.533. The SMILES string of the molecule is Cl.Cl.O=c1ccc2ncc(F)c3c2n1C[C@@]3(O)CN1CCC(NC/C=C/c2ccccn2)CC1. The first-order valence-corrected chi connectivity index (χ1v) is 11.0. The molecule has 5 heterocycles. The largest absolute Gasteiger partial charge is 0.382 e. The van der Waals surface area contributed by atoms with Gasteiger partial charge in [-0.1, -0.05) is 12.1 Å². The Morgan fingerprint density at radius 1 is 1.18 bits per heavy atom. The molecule has 10 heteroatoms. The number of nitrogens with one attached hydrogen (secondary N) is 1. The van der Waals surface area contributed by atoms with Crippen LogP contribution >= 0.6 is 24.8 Å². The molecule has 2 aliphatic heterocycles. The number of β-amino-alcohol motifs (C(OH)–C–C–N with tert-alkyl or cyclic N) is 1. The van der Waals surface area contributed by atoms with Crippen molar-refractivity contribution in [1.82, 2.24) is 24.8 Å². The summed E-state index contributed by atoms with van der Waals surface area (Å²) >= 11 is 0. The van der Waals surface area contributed by atoms with Gasteiger partial charge in [0.05, 0.1) is 35.0 Å². The maximum absolute atomic E-state index is 14.7. The highest BCUT2D eigenvalue weighted by atomic mass is 35.5. The van der Waals surface area contributed by atoms with Crippen LogP contribution in [-0.4, -0.2) is 56.8 Å². The minimum atomic E-state index is -1.44. The van der Waals surface area contributed by atoms with E-state index < -0.39 is 11.4 Å². The van der Waals surface area contributed by atoms with Gasteiger partial charge >= 0.3 is 0 Å². The van der Waals surface area contributed by atoms with Crippen LogP contribution < -0.4 is 10.9 Å². The summed E-state index contributed by atoms with van der Waals surface area (Å²) in [5.41, 5.74) is 0.384. The van der Waals surface area contributed by atoms with Crippen molar-refractivity contribution in [3.05, 3.63) is 76.2 Å². The van der Waals surface area contributed by atoms with Crippen LogP contribution in [-0.2, 0) is 12.1 Å². The van der Waals surface area contributed by atoms with Gasteiger partial charge in [-0.15, -0.1) is 24.8 Å². The fourth-order valence-corrected chi connectivity index (χ4v) is 4.86. The van der Waals surface area contributed by atoms with Gasteiger partial charge in [0.25, 0.3) is 5.56 Å². The summed E-state index contributed by atoms with van der Waals surface area (Å²) in [6.07, 6.45) is 8.86. The Labute approximate surface area is 209 Å². The van der Waals surface area contributed by atoms with Gasteiger partial charge in [-0.3, -0.25) is 19.7 Å². The third-order valence-electron chi connectivity index (χ3n) is 6.41. The highest BCUT2D eigenvalue weighted by Crippen LogP contribution is 2.37. The number of piperidine rings is 1. The average Bonchev–Trinajstić information content (AvgIpc) is 3.12. The maximum atomic E-state index is 14.7. The van der Waals surface area contributed by atoms with E-state index in [2.05, 4.69) is 26.3 Å². The second-order valence-electron chi connectivity index (χ2n) is 8.62. The van der Waals surface area contributed by atoms with E-state index >= 15 is 0 Å². The summed E-state index contributed by atoms with van der Waals surface area (Å²) in [5, 5.41) is 15.0. The van der Waals surface area contributed by atoms with Gasteiger partial charge in [0, 0.05) is 31.4 Å². The second kappa shape index (κ2) is 10.9. The van der Waals surface area contributed by atoms with Crippen molar-refractivity contribution in [2.24, 2.45) is 0 Å². The molecule has 182 valence electrons. The van der Waals surface area contributed by atoms with Crippen LogP contribution in [0.5, 0.6) is 0 Å². The monoisotopic (exact) mass is 507 g/mol. The molecule has 0 aromatic carbocycles. The molecule has 0 aliphatic carbocycles. The van der Waals surface area contributed by atoms with Crippen LogP contribution in [0.25, 0.3) is 17.1 Å². The number of nitrogens with zero attached hydrogens (tertiary/aromatic N) is 4. The van der Waals surface area contributed by atoms with Gasteiger partial charge in [-0.05, 0) is 50.2 Å². The first kappa shape index (κ1) is 26.2. The van der Waals surface area contributed by atoms with Crippen molar-refractivity contribution < 1.29 is 9.50 Å². The molecule has 7 nitrogen and oxygen atoms in total. The third-order valence-corrected chi connectivity index (χ3v) is 6.41. The second-order valence-corrected chi connectivity index (χ2v) is 8.62. The first-order chi connectivity index (χ1) is 15.5. The molecule has 0 saturated carbocycles. The molecule has 5 rings (SSSR count). The predicted octanol–water partition coefficient (Wildman–Crippen LogP) is 2.74. The van der Waals surface area contributed by atoms with E-state index in [1.165, 1.54) is 10.6 Å². The van der Waals surface area contributed by atoms with E-state index in [0.717, 1.165) is 44.4 Å². The number of aromatic nitrogens is 3. The predicted molar refractivity (Wildman–Crippen MR) is 135 cm³/mol. The van der Waals surface area contributed by atoms with Crippen molar-refractivity contribution >= 4 is 41.9 Å². The summed E-state index contributed by atoms with van der Waals surface area (Å²) in [5.74, 6) is -0.562. The fourth-order valence-electron chi connectivity index (χ4n) is 4.86. The summed E-state index contributed by atoms with van der Waals surface area (Å²) in [6, 6.07) is 9.22. The number of halogens is 3. The van der Waals surface area contributed by atoms with Crippen LogP contribution in [0.1, 0.15) is 24.1 Å². The summed E-state index contributed by atoms with van der Waals surface area (Å²) < 4.78 is 16.2. The fraction of sp³-hybridized carbons (Fsp3) is 0.375. The van der Waals surface area contributed by atoms with Gasteiger partial charge in [0.2, 0.25) is 0 Å². The van der Waals surface area contributed by atoms with Gasteiger partial charge < -0.3 is 15.0 Å². The highest BCUT2D eigenvalue weighted by molar-refractivity contribution is 5.85. The van der Waals surface area contributed by atoms with E-state index in [4.69, 9.17) is 0 Å². The molecule has 3 aromatic heterocycles. The third kappa shape index (κ3) is 5.16. The lowest BCUT2D eigenvalue weighted by atomic mass is 9.93. The molecule has 34 heavy (non-hydrogen) atoms. The lowest BCUT2D eigenvalue weighted by molar-refractivity contribution is -0.0158. The lowest BCUT2D eigenvalue weighted by Gasteiger charge is -2.37. The molecule has 0 unspecified atom stereocenters. The number of rotatable bonds is 6. The molecular formula is C24H28Cl2FN5O2. The number of aliphatic hydroxyl groups is 1. The first-order valence-electron chi connectivity index (χ1n) is 11.0. The van der Waals surface area contributed by atoms with Gasteiger partial charge in [0.15, 0.2) is 0 Å². The Morgan fingerprint density at radius 2 is 1.97 bits per heavy atom. The zero-order valence-corrected chi connectivity index (χ0v) is 20.2. The number of pyridine rings is 3. The number of likely N-dealkylation sites (tertiary alicyclic amines) is 1. The van der Waals surface area contributed by atoms with Crippen molar-refractivity contribution in [2.75, 3.05) is 26.2 Å². The van der Waals surface area contributed by atoms with Crippen LogP contribution in [0.2, 0.25) is 0 Å².